The van der Waals surface area contributed by atoms with Gasteiger partial charge in [-0.25, -0.2) is 4.98 Å². The van der Waals surface area contributed by atoms with Crippen molar-refractivity contribution in [3.05, 3.63) is 16.1 Å². The molecule has 2 saturated carbocycles. The smallest absolute Gasteiger partial charge is 0.111 e. The van der Waals surface area contributed by atoms with E-state index in [-0.39, 0.29) is 0 Å². The predicted molar refractivity (Wildman–Crippen MR) is 75.8 cm³/mol. The highest BCUT2D eigenvalue weighted by atomic mass is 32.2. The van der Waals surface area contributed by atoms with Gasteiger partial charge in [-0.3, -0.25) is 0 Å². The van der Waals surface area contributed by atoms with Crippen LogP contribution in [0.3, 0.4) is 0 Å². The highest BCUT2D eigenvalue weighted by molar-refractivity contribution is 8.00. The Labute approximate surface area is 112 Å². The number of thiazole rings is 1. The molecule has 1 heterocycles. The van der Waals surface area contributed by atoms with Gasteiger partial charge in [-0.05, 0) is 38.9 Å². The first-order valence-corrected chi connectivity index (χ1v) is 8.57. The van der Waals surface area contributed by atoms with Crippen LogP contribution in [-0.2, 0) is 0 Å². The Bertz CT molecular complexity index is 388. The molecule has 1 atom stereocenters. The Hall–Kier alpha value is -0.0600. The summed E-state index contributed by atoms with van der Waals surface area (Å²) in [4.78, 5) is 4.73. The van der Waals surface area contributed by atoms with Crippen molar-refractivity contribution in [1.29, 1.82) is 0 Å². The molecule has 0 saturated heterocycles. The van der Waals surface area contributed by atoms with E-state index >= 15 is 0 Å². The van der Waals surface area contributed by atoms with Gasteiger partial charge < -0.3 is 5.32 Å². The van der Waals surface area contributed by atoms with Crippen LogP contribution in [0.5, 0.6) is 0 Å². The summed E-state index contributed by atoms with van der Waals surface area (Å²) in [5, 5.41) is 7.33. The van der Waals surface area contributed by atoms with Crippen LogP contribution in [0.25, 0.3) is 0 Å². The van der Waals surface area contributed by atoms with Crippen LogP contribution < -0.4 is 5.32 Å². The fraction of sp³-hybridized carbons (Fsp3) is 0.769. The maximum absolute atomic E-state index is 4.73. The maximum Gasteiger partial charge on any atom is 0.111 e. The van der Waals surface area contributed by atoms with E-state index in [0.29, 0.717) is 10.8 Å². The van der Waals surface area contributed by atoms with Crippen molar-refractivity contribution in [2.24, 2.45) is 0 Å². The second kappa shape index (κ2) is 4.56. The van der Waals surface area contributed by atoms with E-state index in [4.69, 9.17) is 4.98 Å². The summed E-state index contributed by atoms with van der Waals surface area (Å²) in [6.45, 7) is 2.10. The van der Waals surface area contributed by atoms with Gasteiger partial charge >= 0.3 is 0 Å². The fourth-order valence-electron chi connectivity index (χ4n) is 2.57. The van der Waals surface area contributed by atoms with Gasteiger partial charge in [0.2, 0.25) is 0 Å². The zero-order chi connectivity index (χ0) is 11.9. The average molecular weight is 268 g/mol. The second-order valence-corrected chi connectivity index (χ2v) is 7.43. The molecular formula is C13H20N2S2. The summed E-state index contributed by atoms with van der Waals surface area (Å²) in [7, 11) is 0. The van der Waals surface area contributed by atoms with Gasteiger partial charge in [0, 0.05) is 21.9 Å². The lowest BCUT2D eigenvalue weighted by atomic mass is 9.78. The minimum absolute atomic E-state index is 0.423. The Morgan fingerprint density at radius 2 is 2.29 bits per heavy atom. The van der Waals surface area contributed by atoms with Crippen LogP contribution in [0.4, 0.5) is 0 Å². The zero-order valence-corrected chi connectivity index (χ0v) is 12.2. The number of nitrogens with one attached hydrogen (secondary N) is 1. The van der Waals surface area contributed by atoms with Crippen LogP contribution in [0, 0.1) is 6.92 Å². The number of rotatable bonds is 5. The number of aromatic nitrogens is 1. The molecule has 4 heteroatoms. The lowest BCUT2D eigenvalue weighted by molar-refractivity contribution is 0.270. The van der Waals surface area contributed by atoms with Crippen molar-refractivity contribution in [3.63, 3.8) is 0 Å². The number of hydrogen-bond donors (Lipinski definition) is 1. The molecule has 2 fully saturated rings. The van der Waals surface area contributed by atoms with Crippen molar-refractivity contribution >= 4 is 23.1 Å². The van der Waals surface area contributed by atoms with Crippen molar-refractivity contribution in [2.45, 2.75) is 55.9 Å². The Balaban J connectivity index is 1.84. The Morgan fingerprint density at radius 3 is 2.71 bits per heavy atom. The molecule has 0 aliphatic heterocycles. The third-order valence-corrected chi connectivity index (χ3v) is 6.48. The highest BCUT2D eigenvalue weighted by Crippen LogP contribution is 2.52. The maximum atomic E-state index is 4.73. The van der Waals surface area contributed by atoms with Gasteiger partial charge in [-0.15, -0.1) is 11.3 Å². The van der Waals surface area contributed by atoms with Crippen LogP contribution in [0.15, 0.2) is 5.38 Å². The molecule has 17 heavy (non-hydrogen) atoms. The standard InChI is InChI=1S/C13H20N2S2/c1-9-8-17-12(14-9)11(15-10-4-5-10)13(16-2)6-3-7-13/h8,10-11,15H,3-7H2,1-2H3. The molecule has 2 nitrogen and oxygen atoms in total. The van der Waals surface area contributed by atoms with Gasteiger partial charge in [0.05, 0.1) is 6.04 Å². The molecule has 94 valence electrons. The lowest BCUT2D eigenvalue weighted by Gasteiger charge is -2.46. The van der Waals surface area contributed by atoms with E-state index in [1.165, 1.54) is 42.8 Å². The molecule has 0 amide bonds. The molecule has 1 N–H and O–H groups in total. The molecule has 2 aliphatic rings. The van der Waals surface area contributed by atoms with Crippen LogP contribution in [0.1, 0.15) is 48.8 Å². The normalized spacial score (nSPS) is 24.4. The average Bonchev–Trinajstić information content (AvgIpc) is 2.98. The number of nitrogens with zero attached hydrogens (tertiary/aromatic N) is 1. The highest BCUT2D eigenvalue weighted by Gasteiger charge is 2.47. The largest absolute Gasteiger partial charge is 0.304 e. The van der Waals surface area contributed by atoms with Gasteiger partial charge in [0.1, 0.15) is 5.01 Å². The van der Waals surface area contributed by atoms with Crippen LogP contribution in [-0.4, -0.2) is 22.0 Å². The summed E-state index contributed by atoms with van der Waals surface area (Å²) < 4.78 is 0.423. The molecule has 0 bridgehead atoms. The summed E-state index contributed by atoms with van der Waals surface area (Å²) in [5.74, 6) is 0. The summed E-state index contributed by atoms with van der Waals surface area (Å²) in [6, 6.07) is 1.24. The van der Waals surface area contributed by atoms with E-state index in [9.17, 15) is 0 Å². The summed E-state index contributed by atoms with van der Waals surface area (Å²) >= 11 is 3.88. The monoisotopic (exact) mass is 268 g/mol. The van der Waals surface area contributed by atoms with Gasteiger partial charge in [-0.2, -0.15) is 11.8 Å². The van der Waals surface area contributed by atoms with E-state index in [1.54, 1.807) is 0 Å². The molecule has 1 aromatic rings. The molecule has 2 aliphatic carbocycles. The first-order chi connectivity index (χ1) is 8.23. The number of thioether (sulfide) groups is 1. The third kappa shape index (κ3) is 2.27. The first-order valence-electron chi connectivity index (χ1n) is 6.47. The van der Waals surface area contributed by atoms with Crippen LogP contribution >= 0.6 is 23.1 Å². The molecule has 1 aromatic heterocycles. The third-order valence-electron chi connectivity index (χ3n) is 4.00. The predicted octanol–water partition coefficient (Wildman–Crippen LogP) is 3.53. The van der Waals surface area contributed by atoms with E-state index in [1.807, 2.05) is 23.1 Å². The quantitative estimate of drug-likeness (QED) is 0.884. The van der Waals surface area contributed by atoms with Crippen molar-refractivity contribution in [3.8, 4) is 0 Å². The Kier molecular flexibility index (Phi) is 3.22. The SMILES string of the molecule is CSC1(C(NC2CC2)c2nc(C)cs2)CCC1. The second-order valence-electron chi connectivity index (χ2n) is 5.32. The van der Waals surface area contributed by atoms with Crippen molar-refractivity contribution < 1.29 is 0 Å². The summed E-state index contributed by atoms with van der Waals surface area (Å²) in [6.07, 6.45) is 9.04. The van der Waals surface area contributed by atoms with E-state index in [2.05, 4.69) is 23.9 Å². The molecular weight excluding hydrogens is 248 g/mol. The number of aryl methyl sites for hydroxylation is 1. The molecule has 0 aromatic carbocycles. The zero-order valence-electron chi connectivity index (χ0n) is 10.5. The van der Waals surface area contributed by atoms with Crippen molar-refractivity contribution in [1.82, 2.24) is 10.3 Å². The number of hydrogen-bond acceptors (Lipinski definition) is 4. The molecule has 0 radical (unpaired) electrons. The van der Waals surface area contributed by atoms with E-state index < -0.39 is 0 Å². The topological polar surface area (TPSA) is 24.9 Å². The minimum Gasteiger partial charge on any atom is -0.304 e. The molecule has 0 spiro atoms. The van der Waals surface area contributed by atoms with Gasteiger partial charge in [-0.1, -0.05) is 6.42 Å². The first kappa shape index (κ1) is 12.0. The van der Waals surface area contributed by atoms with E-state index in [0.717, 1.165) is 6.04 Å². The van der Waals surface area contributed by atoms with Gasteiger partial charge in [0.25, 0.3) is 0 Å². The minimum atomic E-state index is 0.423. The Morgan fingerprint density at radius 1 is 1.53 bits per heavy atom. The summed E-state index contributed by atoms with van der Waals surface area (Å²) in [5.41, 5.74) is 1.17. The molecule has 3 rings (SSSR count). The van der Waals surface area contributed by atoms with Crippen molar-refractivity contribution in [2.75, 3.05) is 6.26 Å². The van der Waals surface area contributed by atoms with Crippen LogP contribution in [0.2, 0.25) is 0 Å². The lowest BCUT2D eigenvalue weighted by Crippen LogP contribution is -2.47. The van der Waals surface area contributed by atoms with Gasteiger partial charge in [0.15, 0.2) is 0 Å². The molecule has 1 unspecified atom stereocenters. The fourth-order valence-corrected chi connectivity index (χ4v) is 4.73.